The quantitative estimate of drug-likeness (QED) is 0.0493. The van der Waals surface area contributed by atoms with E-state index in [1.165, 1.54) is 31.4 Å². The maximum absolute atomic E-state index is 11.8. The van der Waals surface area contributed by atoms with Gasteiger partial charge in [-0.05, 0) is 24.3 Å². The predicted octanol–water partition coefficient (Wildman–Crippen LogP) is -7.03. The summed E-state index contributed by atoms with van der Waals surface area (Å²) in [5.41, 5.74) is -3.68. The minimum absolute atomic E-state index is 0. The van der Waals surface area contributed by atoms with Gasteiger partial charge in [-0.1, -0.05) is 0 Å². The van der Waals surface area contributed by atoms with E-state index in [0.717, 1.165) is 0 Å². The second-order valence-corrected chi connectivity index (χ2v) is 8.44. The van der Waals surface area contributed by atoms with E-state index >= 15 is 0 Å². The van der Waals surface area contributed by atoms with Gasteiger partial charge in [0, 0.05) is 88.7 Å². The van der Waals surface area contributed by atoms with Crippen LogP contribution in [0.1, 0.15) is 10.4 Å². The van der Waals surface area contributed by atoms with E-state index in [1.807, 2.05) is 31.9 Å². The molecule has 1 aromatic carbocycles. The van der Waals surface area contributed by atoms with Crippen molar-refractivity contribution in [2.24, 2.45) is 0 Å². The van der Waals surface area contributed by atoms with Crippen molar-refractivity contribution in [2.75, 3.05) is 40.2 Å². The second kappa shape index (κ2) is 23.9. The van der Waals surface area contributed by atoms with E-state index in [0.29, 0.717) is 5.56 Å². The van der Waals surface area contributed by atoms with Gasteiger partial charge < -0.3 is 67.3 Å². The molecule has 0 saturated carbocycles. The molecule has 2 aliphatic heterocycles. The molecule has 2 saturated heterocycles. The third kappa shape index (κ3) is 15.6. The summed E-state index contributed by atoms with van der Waals surface area (Å²) < 4.78 is 4.46. The first-order valence-electron chi connectivity index (χ1n) is 12.1. The van der Waals surface area contributed by atoms with Crippen molar-refractivity contribution in [1.29, 1.82) is 0 Å². The number of phenols is 1. The van der Waals surface area contributed by atoms with Crippen LogP contribution in [0.25, 0.3) is 0 Å². The van der Waals surface area contributed by atoms with Crippen LogP contribution in [0.4, 0.5) is 19.2 Å². The van der Waals surface area contributed by atoms with E-state index in [1.54, 1.807) is 0 Å². The van der Waals surface area contributed by atoms with Crippen molar-refractivity contribution in [2.45, 2.75) is 17.4 Å². The molecule has 3 radical (unpaired) electrons. The number of phenolic OH excluding ortho intramolecular Hbond substituents is 1. The smallest absolute Gasteiger partial charge is 0.337 e. The number of amides is 10. The van der Waals surface area contributed by atoms with Crippen LogP contribution in [-0.2, 0) is 14.3 Å². The standard InChI is InChI=1S/C11H16N8O8.C8H8O3.C3H8O3.3Na/c20-1-10(4(22)14-8(26)18-10)16-6(24)12-3-13-7(25)17-11(2-21)5(23)15-9(27)19-11;1-11-8(10)6-2-4-7(9)5-3-6;4-1-3(6)2-5;;;/h20-21H,1-3H2,(H2,12,16,24)(H2,13,17,25)(H2,14,18,22,26)(H2,15,19,23,27);2-5,9H,1H3;3-6H,1-2H2;;;. The number of ether oxygens (including phenoxy) is 1. The summed E-state index contributed by atoms with van der Waals surface area (Å²) >= 11 is 0. The molecule has 247 valence electrons. The van der Waals surface area contributed by atoms with Crippen LogP contribution in [0.5, 0.6) is 5.75 Å². The number of aliphatic hydroxyl groups excluding tert-OH is 5. The Labute approximate surface area is 332 Å². The van der Waals surface area contributed by atoms with Crippen molar-refractivity contribution < 1.29 is 68.9 Å². The Hall–Kier alpha value is -2.29. The molecular weight excluding hydrogens is 669 g/mol. The number of hydrogen-bond acceptors (Lipinski definition) is 14. The van der Waals surface area contributed by atoms with Gasteiger partial charge in [-0.2, -0.15) is 0 Å². The minimum Gasteiger partial charge on any atom is -0.508 e. The molecule has 1 aromatic rings. The number of nitrogens with one attached hydrogen (secondary N) is 8. The van der Waals surface area contributed by atoms with Gasteiger partial charge in [0.1, 0.15) is 11.9 Å². The zero-order valence-corrected chi connectivity index (χ0v) is 31.9. The zero-order valence-electron chi connectivity index (χ0n) is 25.9. The summed E-state index contributed by atoms with van der Waals surface area (Å²) in [7, 11) is 1.31. The normalized spacial score (nSPS) is 18.6. The fourth-order valence-electron chi connectivity index (χ4n) is 2.91. The number of methoxy groups -OCH3 is 1. The van der Waals surface area contributed by atoms with Gasteiger partial charge in [0.15, 0.2) is 0 Å². The molecule has 47 heavy (non-hydrogen) atoms. The van der Waals surface area contributed by atoms with Crippen molar-refractivity contribution in [1.82, 2.24) is 42.5 Å². The molecule has 2 atom stereocenters. The van der Waals surface area contributed by atoms with Crippen molar-refractivity contribution in [3.63, 3.8) is 0 Å². The molecule has 0 spiro atoms. The molecule has 0 bridgehead atoms. The van der Waals surface area contributed by atoms with Crippen LogP contribution in [0.3, 0.4) is 0 Å². The molecule has 25 heteroatoms. The first-order chi connectivity index (χ1) is 20.7. The number of aromatic hydroxyl groups is 1. The number of hydrogen-bond donors (Lipinski definition) is 14. The molecule has 0 aromatic heterocycles. The molecular formula is C22H32N8Na3O14. The molecule has 2 aliphatic rings. The summed E-state index contributed by atoms with van der Waals surface area (Å²) in [5.74, 6) is -2.23. The molecule has 3 rings (SSSR count). The van der Waals surface area contributed by atoms with E-state index in [2.05, 4.69) is 15.4 Å². The monoisotopic (exact) mass is 701 g/mol. The molecule has 10 amide bonds. The summed E-state index contributed by atoms with van der Waals surface area (Å²) in [6.45, 7) is -3.11. The van der Waals surface area contributed by atoms with Crippen LogP contribution in [0, 0.1) is 0 Å². The number of aliphatic hydroxyl groups is 5. The van der Waals surface area contributed by atoms with Gasteiger partial charge in [0.25, 0.3) is 11.8 Å². The van der Waals surface area contributed by atoms with Crippen molar-refractivity contribution >= 4 is 131 Å². The van der Waals surface area contributed by atoms with E-state index in [-0.39, 0.29) is 108 Å². The molecule has 2 unspecified atom stereocenters. The third-order valence-electron chi connectivity index (χ3n) is 5.22. The largest absolute Gasteiger partial charge is 0.508 e. The number of esters is 1. The van der Waals surface area contributed by atoms with Crippen LogP contribution >= 0.6 is 0 Å². The number of rotatable bonds is 9. The average Bonchev–Trinajstić information content (AvgIpc) is 3.44. The zero-order chi connectivity index (χ0) is 33.5. The SMILES string of the molecule is COC(=O)c1ccc(O)cc1.O=C(NCNC(=O)NC1(CO)NC(=O)NC1=O)NC1(CO)NC(=O)NC1=O.OCC(O)CO.[Na].[Na].[Na]. The van der Waals surface area contributed by atoms with Gasteiger partial charge in [-0.25, -0.2) is 24.0 Å². The maximum atomic E-state index is 11.8. The van der Waals surface area contributed by atoms with Crippen LogP contribution in [0.15, 0.2) is 24.3 Å². The van der Waals surface area contributed by atoms with Crippen molar-refractivity contribution in [3.05, 3.63) is 29.8 Å². The molecule has 14 N–H and O–H groups in total. The number of carbonyl (C=O) groups is 7. The van der Waals surface area contributed by atoms with Crippen molar-refractivity contribution in [3.8, 4) is 5.75 Å². The Morgan fingerprint density at radius 2 is 1.15 bits per heavy atom. The molecule has 22 nitrogen and oxygen atoms in total. The fraction of sp³-hybridized carbons (Fsp3) is 0.409. The van der Waals surface area contributed by atoms with Gasteiger partial charge in [-0.15, -0.1) is 0 Å². The Balaban J connectivity index is -0.000000804. The second-order valence-electron chi connectivity index (χ2n) is 8.44. The summed E-state index contributed by atoms with van der Waals surface area (Å²) in [4.78, 5) is 79.8. The Morgan fingerprint density at radius 3 is 1.40 bits per heavy atom. The van der Waals surface area contributed by atoms with E-state index in [9.17, 15) is 43.8 Å². The average molecular weight is 702 g/mol. The van der Waals surface area contributed by atoms with Gasteiger partial charge in [0.05, 0.1) is 45.8 Å². The Morgan fingerprint density at radius 1 is 0.766 bits per heavy atom. The van der Waals surface area contributed by atoms with Crippen LogP contribution < -0.4 is 42.5 Å². The van der Waals surface area contributed by atoms with Gasteiger partial charge >= 0.3 is 30.1 Å². The van der Waals surface area contributed by atoms with Crippen LogP contribution in [-0.4, -0.2) is 219 Å². The number of urea groups is 4. The summed E-state index contributed by atoms with van der Waals surface area (Å²) in [6.07, 6.45) is -0.954. The number of carbonyl (C=O) groups excluding carboxylic acids is 7. The molecule has 0 aliphatic carbocycles. The van der Waals surface area contributed by atoms with Gasteiger partial charge in [-0.3, -0.25) is 20.2 Å². The third-order valence-corrected chi connectivity index (χ3v) is 5.22. The maximum Gasteiger partial charge on any atom is 0.337 e. The first-order valence-corrected chi connectivity index (χ1v) is 12.1. The molecule has 2 fully saturated rings. The van der Waals surface area contributed by atoms with Crippen LogP contribution in [0.2, 0.25) is 0 Å². The molecule has 2 heterocycles. The first kappa shape index (κ1) is 49.1. The number of imide groups is 2. The topological polar surface area (TPSA) is 346 Å². The van der Waals surface area contributed by atoms with Gasteiger partial charge in [0.2, 0.25) is 11.3 Å². The summed E-state index contributed by atoms with van der Waals surface area (Å²) in [5, 5.41) is 67.3. The predicted molar refractivity (Wildman–Crippen MR) is 158 cm³/mol. The Bertz CT molecular complexity index is 1170. The summed E-state index contributed by atoms with van der Waals surface area (Å²) in [6, 6.07) is 1.97. The number of benzene rings is 1. The van der Waals surface area contributed by atoms with E-state index in [4.69, 9.17) is 20.4 Å². The minimum atomic E-state index is -2.06. The fourth-order valence-corrected chi connectivity index (χ4v) is 2.91. The Kier molecular flexibility index (Phi) is 25.0. The van der Waals surface area contributed by atoms with E-state index < -0.39 is 79.2 Å².